The molecule has 35 heavy (non-hydrogen) atoms. The molecule has 1 unspecified atom stereocenters. The van der Waals surface area contributed by atoms with Crippen molar-refractivity contribution in [2.45, 2.75) is 26.4 Å². The summed E-state index contributed by atoms with van der Waals surface area (Å²) in [5.74, 6) is -1.49. The summed E-state index contributed by atoms with van der Waals surface area (Å²) in [6.45, 7) is 3.94. The van der Waals surface area contributed by atoms with Crippen LogP contribution in [0, 0.1) is 16.3 Å². The fourth-order valence-electron chi connectivity index (χ4n) is 3.98. The highest BCUT2D eigenvalue weighted by molar-refractivity contribution is 14.1. The molecule has 4 rings (SSSR count). The number of aryl methyl sites for hydroxylation is 2. The van der Waals surface area contributed by atoms with Crippen LogP contribution in [-0.4, -0.2) is 26.5 Å². The molecule has 3 N–H and O–H groups in total. The molecule has 0 saturated heterocycles. The van der Waals surface area contributed by atoms with Gasteiger partial charge in [0.15, 0.2) is 0 Å². The minimum absolute atomic E-state index is 0.122. The van der Waals surface area contributed by atoms with Crippen molar-refractivity contribution in [3.05, 3.63) is 92.1 Å². The summed E-state index contributed by atoms with van der Waals surface area (Å²) >= 11 is 2.10. The van der Waals surface area contributed by atoms with Crippen LogP contribution in [0.3, 0.4) is 0 Å². The van der Waals surface area contributed by atoms with Gasteiger partial charge in [0.1, 0.15) is 11.3 Å². The highest BCUT2D eigenvalue weighted by atomic mass is 127. The summed E-state index contributed by atoms with van der Waals surface area (Å²) in [6, 6.07) is 11.4. The molecule has 1 atom stereocenters. The van der Waals surface area contributed by atoms with Gasteiger partial charge in [0.2, 0.25) is 0 Å². The van der Waals surface area contributed by atoms with Gasteiger partial charge in [-0.3, -0.25) is 9.78 Å². The third-order valence-electron chi connectivity index (χ3n) is 5.87. The van der Waals surface area contributed by atoms with E-state index in [9.17, 15) is 14.0 Å². The lowest BCUT2D eigenvalue weighted by molar-refractivity contribution is 0.0696. The number of fused-ring (bicyclic) bond motifs is 1. The van der Waals surface area contributed by atoms with E-state index in [0.29, 0.717) is 25.7 Å². The minimum Gasteiger partial charge on any atom is -0.478 e. The van der Waals surface area contributed by atoms with E-state index < -0.39 is 5.97 Å². The number of amides is 1. The number of hydrogen-bond acceptors (Lipinski definition) is 4. The molecule has 4 aromatic rings. The molecule has 180 valence electrons. The molecule has 9 heteroatoms. The fraction of sp³-hybridized carbons (Fsp3) is 0.192. The van der Waals surface area contributed by atoms with Gasteiger partial charge in [-0.25, -0.2) is 9.18 Å². The molecular formula is C26H24FIN4O3. The molecule has 2 heterocycles. The van der Waals surface area contributed by atoms with E-state index in [1.54, 1.807) is 49.5 Å². The van der Waals surface area contributed by atoms with Crippen LogP contribution in [0.4, 0.5) is 10.1 Å². The van der Waals surface area contributed by atoms with Gasteiger partial charge < -0.3 is 20.3 Å². The summed E-state index contributed by atoms with van der Waals surface area (Å²) in [7, 11) is 1.86. The quantitative estimate of drug-likeness (QED) is 0.251. The molecule has 0 aliphatic heterocycles. The summed E-state index contributed by atoms with van der Waals surface area (Å²) in [6.07, 6.45) is 3.55. The lowest BCUT2D eigenvalue weighted by Crippen LogP contribution is -2.24. The predicted octanol–water partition coefficient (Wildman–Crippen LogP) is 5.43. The molecule has 7 nitrogen and oxygen atoms in total. The van der Waals surface area contributed by atoms with Crippen molar-refractivity contribution < 1.29 is 19.1 Å². The number of pyridine rings is 1. The van der Waals surface area contributed by atoms with E-state index in [1.165, 1.54) is 6.07 Å². The van der Waals surface area contributed by atoms with Gasteiger partial charge in [-0.2, -0.15) is 0 Å². The van der Waals surface area contributed by atoms with E-state index in [0.717, 1.165) is 16.8 Å². The molecular weight excluding hydrogens is 562 g/mol. The molecule has 0 aliphatic rings. The maximum Gasteiger partial charge on any atom is 0.335 e. The first kappa shape index (κ1) is 24.6. The van der Waals surface area contributed by atoms with Crippen molar-refractivity contribution in [1.82, 2.24) is 14.9 Å². The van der Waals surface area contributed by atoms with Gasteiger partial charge in [0.05, 0.1) is 22.3 Å². The highest BCUT2D eigenvalue weighted by Gasteiger charge is 2.21. The van der Waals surface area contributed by atoms with Gasteiger partial charge >= 0.3 is 5.97 Å². The standard InChI is InChI=1S/C26H24FIN4O3/c1-14-10-16(4-9-19(14)27)11-30-25(33)22-20(28)12-29-23-21(13-32(3)24(22)23)31-15(2)17-5-7-18(8-6-17)26(34)35/h4-10,12-13,15,31H,11H2,1-3H3,(H,30,33)(H,34,35). The number of rotatable bonds is 7. The Balaban J connectivity index is 1.59. The summed E-state index contributed by atoms with van der Waals surface area (Å²) < 4.78 is 16.1. The third kappa shape index (κ3) is 5.14. The zero-order valence-electron chi connectivity index (χ0n) is 19.4. The van der Waals surface area contributed by atoms with Gasteiger partial charge in [-0.1, -0.05) is 24.3 Å². The first-order valence-electron chi connectivity index (χ1n) is 10.9. The second kappa shape index (κ2) is 10.0. The number of aromatic nitrogens is 2. The number of halogens is 2. The number of benzene rings is 2. The molecule has 0 bridgehead atoms. The molecule has 1 amide bonds. The number of carbonyl (C=O) groups excluding carboxylic acids is 1. The average molecular weight is 586 g/mol. The lowest BCUT2D eigenvalue weighted by Gasteiger charge is -2.15. The molecule has 2 aromatic carbocycles. The van der Waals surface area contributed by atoms with Crippen molar-refractivity contribution in [3.63, 3.8) is 0 Å². The smallest absolute Gasteiger partial charge is 0.335 e. The van der Waals surface area contributed by atoms with Crippen LogP contribution in [0.25, 0.3) is 11.0 Å². The zero-order valence-corrected chi connectivity index (χ0v) is 21.6. The summed E-state index contributed by atoms with van der Waals surface area (Å²) in [5, 5.41) is 15.5. The SMILES string of the molecule is Cc1cc(CNC(=O)c2c(I)cnc3c(NC(C)c4ccc(C(=O)O)cc4)cn(C)c23)ccc1F. The molecule has 0 saturated carbocycles. The van der Waals surface area contributed by atoms with Crippen LogP contribution in [0.15, 0.2) is 54.9 Å². The van der Waals surface area contributed by atoms with Crippen LogP contribution >= 0.6 is 22.6 Å². The van der Waals surface area contributed by atoms with E-state index in [-0.39, 0.29) is 29.9 Å². The predicted molar refractivity (Wildman–Crippen MR) is 141 cm³/mol. The fourth-order valence-corrected chi connectivity index (χ4v) is 4.62. The Bertz CT molecular complexity index is 1430. The number of carbonyl (C=O) groups is 2. The van der Waals surface area contributed by atoms with Gasteiger partial charge in [0, 0.05) is 35.6 Å². The molecule has 0 fully saturated rings. The Morgan fingerprint density at radius 1 is 1.20 bits per heavy atom. The van der Waals surface area contributed by atoms with E-state index in [1.807, 2.05) is 24.7 Å². The Kier molecular flexibility index (Phi) is 7.06. The zero-order chi connectivity index (χ0) is 25.3. The van der Waals surface area contributed by atoms with Crippen LogP contribution in [0.5, 0.6) is 0 Å². The number of carboxylic acids is 1. The number of carboxylic acid groups (broad SMARTS) is 1. The Hall–Kier alpha value is -3.47. The first-order valence-corrected chi connectivity index (χ1v) is 12.0. The van der Waals surface area contributed by atoms with Crippen LogP contribution in [0.2, 0.25) is 0 Å². The highest BCUT2D eigenvalue weighted by Crippen LogP contribution is 2.31. The van der Waals surface area contributed by atoms with Crippen molar-refractivity contribution in [3.8, 4) is 0 Å². The van der Waals surface area contributed by atoms with Crippen molar-refractivity contribution in [2.24, 2.45) is 7.05 Å². The average Bonchev–Trinajstić information content (AvgIpc) is 3.14. The maximum absolute atomic E-state index is 13.6. The summed E-state index contributed by atoms with van der Waals surface area (Å²) in [5.41, 5.74) is 5.13. The molecule has 2 aromatic heterocycles. The Morgan fingerprint density at radius 2 is 1.91 bits per heavy atom. The third-order valence-corrected chi connectivity index (χ3v) is 6.69. The first-order chi connectivity index (χ1) is 16.7. The van der Waals surface area contributed by atoms with E-state index in [4.69, 9.17) is 5.11 Å². The number of anilines is 1. The monoisotopic (exact) mass is 586 g/mol. The van der Waals surface area contributed by atoms with Crippen LogP contribution in [0.1, 0.15) is 50.4 Å². The number of nitrogens with one attached hydrogen (secondary N) is 2. The van der Waals surface area contributed by atoms with Gasteiger partial charge in [-0.15, -0.1) is 0 Å². The molecule has 0 aliphatic carbocycles. The normalized spacial score (nSPS) is 11.9. The molecule has 0 spiro atoms. The molecule has 0 radical (unpaired) electrons. The minimum atomic E-state index is -0.967. The van der Waals surface area contributed by atoms with Crippen LogP contribution in [-0.2, 0) is 13.6 Å². The summed E-state index contributed by atoms with van der Waals surface area (Å²) in [4.78, 5) is 28.9. The van der Waals surface area contributed by atoms with Crippen molar-refractivity contribution >= 4 is 51.2 Å². The van der Waals surface area contributed by atoms with Gasteiger partial charge in [-0.05, 0) is 71.3 Å². The van der Waals surface area contributed by atoms with E-state index in [2.05, 4.69) is 38.2 Å². The Morgan fingerprint density at radius 3 is 2.57 bits per heavy atom. The maximum atomic E-state index is 13.6. The second-order valence-corrected chi connectivity index (χ2v) is 9.55. The lowest BCUT2D eigenvalue weighted by atomic mass is 10.1. The number of nitrogens with zero attached hydrogens (tertiary/aromatic N) is 2. The van der Waals surface area contributed by atoms with E-state index >= 15 is 0 Å². The topological polar surface area (TPSA) is 96.2 Å². The Labute approximate surface area is 215 Å². The largest absolute Gasteiger partial charge is 0.478 e. The van der Waals surface area contributed by atoms with Crippen LogP contribution < -0.4 is 10.6 Å². The van der Waals surface area contributed by atoms with Gasteiger partial charge in [0.25, 0.3) is 5.91 Å². The number of aromatic carboxylic acids is 1. The number of hydrogen-bond donors (Lipinski definition) is 3. The van der Waals surface area contributed by atoms with Crippen molar-refractivity contribution in [2.75, 3.05) is 5.32 Å². The van der Waals surface area contributed by atoms with Crippen molar-refractivity contribution in [1.29, 1.82) is 0 Å². The second-order valence-electron chi connectivity index (χ2n) is 8.39.